The maximum Gasteiger partial charge on any atom is 0.258 e. The van der Waals surface area contributed by atoms with Gasteiger partial charge in [0.2, 0.25) is 0 Å². The molecule has 0 aromatic carbocycles. The van der Waals surface area contributed by atoms with Crippen LogP contribution in [0.25, 0.3) is 16.3 Å². The molecule has 1 aliphatic rings. The van der Waals surface area contributed by atoms with E-state index in [0.717, 1.165) is 33.6 Å². The highest BCUT2D eigenvalue weighted by Gasteiger charge is 2.28. The standard InChI is InChI=1S/C21H22N6OS2/c1-14-5-2-3-7-17(14)27-19(15-6-4-8-22-12-15)24-25-21(27)30-13-16-11-18(28)26-9-10-29-20(26)23-16/h4,6,8-12,14,17H,2-3,5,7,13H2,1H3/t14-,17+/m0/s1. The van der Waals surface area contributed by atoms with Gasteiger partial charge in [-0.15, -0.1) is 21.5 Å². The number of hydrogen-bond acceptors (Lipinski definition) is 7. The average Bonchev–Trinajstić information content (AvgIpc) is 3.40. The summed E-state index contributed by atoms with van der Waals surface area (Å²) in [7, 11) is 0. The summed E-state index contributed by atoms with van der Waals surface area (Å²) < 4.78 is 3.87. The van der Waals surface area contributed by atoms with Crippen molar-refractivity contribution < 1.29 is 0 Å². The molecule has 4 heterocycles. The molecular weight excluding hydrogens is 416 g/mol. The van der Waals surface area contributed by atoms with E-state index in [1.807, 2.05) is 23.7 Å². The zero-order valence-corrected chi connectivity index (χ0v) is 18.3. The first-order valence-electron chi connectivity index (χ1n) is 10.1. The molecule has 1 aliphatic carbocycles. The molecule has 0 unspecified atom stereocenters. The number of nitrogens with zero attached hydrogens (tertiary/aromatic N) is 6. The number of thioether (sulfide) groups is 1. The van der Waals surface area contributed by atoms with Crippen LogP contribution in [0.2, 0.25) is 0 Å². The van der Waals surface area contributed by atoms with Crippen molar-refractivity contribution in [2.75, 3.05) is 0 Å². The van der Waals surface area contributed by atoms with Gasteiger partial charge in [-0.1, -0.05) is 31.5 Å². The molecule has 2 atom stereocenters. The predicted molar refractivity (Wildman–Crippen MR) is 119 cm³/mol. The lowest BCUT2D eigenvalue weighted by Crippen LogP contribution is -2.22. The third-order valence-corrected chi connectivity index (χ3v) is 7.42. The van der Waals surface area contributed by atoms with Crippen LogP contribution >= 0.6 is 23.1 Å². The molecule has 0 N–H and O–H groups in total. The fraction of sp³-hybridized carbons (Fsp3) is 0.381. The molecule has 1 fully saturated rings. The van der Waals surface area contributed by atoms with E-state index in [0.29, 0.717) is 17.7 Å². The molecule has 1 saturated carbocycles. The van der Waals surface area contributed by atoms with Crippen molar-refractivity contribution in [2.45, 2.75) is 49.6 Å². The molecule has 0 bridgehead atoms. The average molecular weight is 439 g/mol. The Bertz CT molecular complexity index is 1220. The first kappa shape index (κ1) is 19.4. The van der Waals surface area contributed by atoms with E-state index in [2.05, 4.69) is 31.7 Å². The molecule has 0 spiro atoms. The molecule has 0 saturated heterocycles. The summed E-state index contributed by atoms with van der Waals surface area (Å²) in [6.07, 6.45) is 10.2. The van der Waals surface area contributed by atoms with Gasteiger partial charge in [-0.05, 0) is 30.9 Å². The van der Waals surface area contributed by atoms with Crippen LogP contribution in [0.5, 0.6) is 0 Å². The van der Waals surface area contributed by atoms with Crippen molar-refractivity contribution in [3.8, 4) is 11.4 Å². The summed E-state index contributed by atoms with van der Waals surface area (Å²) in [4.78, 5) is 21.9. The highest BCUT2D eigenvalue weighted by Crippen LogP contribution is 2.39. The van der Waals surface area contributed by atoms with Gasteiger partial charge in [0.15, 0.2) is 15.9 Å². The maximum atomic E-state index is 12.3. The minimum Gasteiger partial charge on any atom is -0.299 e. The van der Waals surface area contributed by atoms with E-state index in [1.165, 1.54) is 30.6 Å². The van der Waals surface area contributed by atoms with Gasteiger partial charge < -0.3 is 0 Å². The summed E-state index contributed by atoms with van der Waals surface area (Å²) in [6, 6.07) is 5.94. The van der Waals surface area contributed by atoms with Gasteiger partial charge in [0, 0.05) is 47.4 Å². The monoisotopic (exact) mass is 438 g/mol. The summed E-state index contributed by atoms with van der Waals surface area (Å²) in [5, 5.41) is 11.8. The Morgan fingerprint density at radius 2 is 2.17 bits per heavy atom. The molecule has 4 aromatic rings. The van der Waals surface area contributed by atoms with Gasteiger partial charge in [0.25, 0.3) is 5.56 Å². The molecule has 7 nitrogen and oxygen atoms in total. The minimum atomic E-state index is -0.0460. The van der Waals surface area contributed by atoms with Crippen molar-refractivity contribution >= 4 is 28.1 Å². The zero-order valence-electron chi connectivity index (χ0n) is 16.6. The first-order chi connectivity index (χ1) is 14.7. The maximum absolute atomic E-state index is 12.3. The van der Waals surface area contributed by atoms with Crippen molar-refractivity contribution in [2.24, 2.45) is 5.92 Å². The number of rotatable bonds is 5. The quantitative estimate of drug-likeness (QED) is 0.428. The Morgan fingerprint density at radius 1 is 1.27 bits per heavy atom. The molecule has 0 radical (unpaired) electrons. The van der Waals surface area contributed by atoms with Crippen LogP contribution in [0.4, 0.5) is 0 Å². The summed E-state index contributed by atoms with van der Waals surface area (Å²) in [6.45, 7) is 2.32. The van der Waals surface area contributed by atoms with E-state index in [4.69, 9.17) is 0 Å². The Labute approximate surface area is 182 Å². The van der Waals surface area contributed by atoms with E-state index in [-0.39, 0.29) is 5.56 Å². The highest BCUT2D eigenvalue weighted by atomic mass is 32.2. The second-order valence-electron chi connectivity index (χ2n) is 7.68. The predicted octanol–water partition coefficient (Wildman–Crippen LogP) is 4.45. The lowest BCUT2D eigenvalue weighted by atomic mass is 9.85. The fourth-order valence-corrected chi connectivity index (χ4v) is 5.77. The summed E-state index contributed by atoms with van der Waals surface area (Å²) in [5.41, 5.74) is 1.70. The number of aromatic nitrogens is 6. The summed E-state index contributed by atoms with van der Waals surface area (Å²) in [5.74, 6) is 2.01. The van der Waals surface area contributed by atoms with Crippen molar-refractivity contribution in [3.63, 3.8) is 0 Å². The Morgan fingerprint density at radius 3 is 3.00 bits per heavy atom. The van der Waals surface area contributed by atoms with E-state index in [9.17, 15) is 4.79 Å². The Kier molecular flexibility index (Phi) is 5.39. The summed E-state index contributed by atoms with van der Waals surface area (Å²) >= 11 is 3.06. The third kappa shape index (κ3) is 3.67. The Hall–Kier alpha value is -2.52. The third-order valence-electron chi connectivity index (χ3n) is 5.69. The molecule has 30 heavy (non-hydrogen) atoms. The van der Waals surface area contributed by atoms with Crippen LogP contribution in [0.1, 0.15) is 44.3 Å². The molecule has 4 aromatic heterocycles. The Balaban J connectivity index is 1.49. The normalized spacial score (nSPS) is 19.4. The number of thiazole rings is 1. The van der Waals surface area contributed by atoms with Crippen LogP contribution in [0.15, 0.2) is 52.1 Å². The van der Waals surface area contributed by atoms with Crippen LogP contribution < -0.4 is 5.56 Å². The fourth-order valence-electron chi connectivity index (χ4n) is 4.15. The first-order valence-corrected chi connectivity index (χ1v) is 12.0. The minimum absolute atomic E-state index is 0.0460. The van der Waals surface area contributed by atoms with Gasteiger partial charge in [0.1, 0.15) is 0 Å². The zero-order chi connectivity index (χ0) is 20.5. The lowest BCUT2D eigenvalue weighted by Gasteiger charge is -2.31. The second-order valence-corrected chi connectivity index (χ2v) is 9.49. The highest BCUT2D eigenvalue weighted by molar-refractivity contribution is 7.98. The van der Waals surface area contributed by atoms with Crippen LogP contribution in [0, 0.1) is 5.92 Å². The van der Waals surface area contributed by atoms with Crippen LogP contribution in [0.3, 0.4) is 0 Å². The van der Waals surface area contributed by atoms with Gasteiger partial charge in [-0.2, -0.15) is 0 Å². The van der Waals surface area contributed by atoms with E-state index in [1.54, 1.807) is 34.6 Å². The molecular formula is C21H22N6OS2. The van der Waals surface area contributed by atoms with E-state index >= 15 is 0 Å². The van der Waals surface area contributed by atoms with Crippen molar-refractivity contribution in [1.82, 2.24) is 29.1 Å². The topological polar surface area (TPSA) is 78.0 Å². The molecule has 0 aliphatic heterocycles. The molecule has 9 heteroatoms. The number of fused-ring (bicyclic) bond motifs is 1. The smallest absolute Gasteiger partial charge is 0.258 e. The van der Waals surface area contributed by atoms with Crippen LogP contribution in [-0.4, -0.2) is 29.1 Å². The van der Waals surface area contributed by atoms with Gasteiger partial charge in [0.05, 0.1) is 5.69 Å². The van der Waals surface area contributed by atoms with Gasteiger partial charge in [-0.3, -0.25) is 18.7 Å². The van der Waals surface area contributed by atoms with E-state index < -0.39 is 0 Å². The largest absolute Gasteiger partial charge is 0.299 e. The number of hydrogen-bond donors (Lipinski definition) is 0. The van der Waals surface area contributed by atoms with Crippen LogP contribution in [-0.2, 0) is 5.75 Å². The van der Waals surface area contributed by atoms with Crippen molar-refractivity contribution in [1.29, 1.82) is 0 Å². The number of pyridine rings is 1. The van der Waals surface area contributed by atoms with Crippen molar-refractivity contribution in [3.05, 3.63) is 58.2 Å². The molecule has 154 valence electrons. The molecule has 5 rings (SSSR count). The van der Waals surface area contributed by atoms with Gasteiger partial charge in [-0.25, -0.2) is 4.98 Å². The second kappa shape index (κ2) is 8.31. The SMILES string of the molecule is C[C@H]1CCCC[C@H]1n1c(SCc2cc(=O)n3ccsc3n2)nnc1-c1cccnc1. The lowest BCUT2D eigenvalue weighted by molar-refractivity contribution is 0.247. The van der Waals surface area contributed by atoms with Gasteiger partial charge >= 0.3 is 0 Å². The molecule has 0 amide bonds.